The quantitative estimate of drug-likeness (QED) is 0.0153. The van der Waals surface area contributed by atoms with Crippen molar-refractivity contribution in [1.29, 1.82) is 0 Å². The van der Waals surface area contributed by atoms with E-state index in [1.54, 1.807) is 0 Å². The number of carbonyl (C=O) groups excluding carboxylic acids is 8. The van der Waals surface area contributed by atoms with Crippen molar-refractivity contribution in [3.05, 3.63) is 0 Å². The molecule has 93 heavy (non-hydrogen) atoms. The molecule has 0 aromatic rings. The lowest BCUT2D eigenvalue weighted by Gasteiger charge is -2.28. The van der Waals surface area contributed by atoms with Crippen molar-refractivity contribution < 1.29 is 58.2 Å². The van der Waals surface area contributed by atoms with Gasteiger partial charge in [-0.3, -0.25) is 73.1 Å². The highest BCUT2D eigenvalue weighted by Gasteiger charge is 2.36. The monoisotopic (exact) mass is 1330 g/mol. The molecule has 41 nitrogen and oxygen atoms in total. The molecule has 0 saturated heterocycles. The summed E-state index contributed by atoms with van der Waals surface area (Å²) in [4.78, 5) is 161. The lowest BCUT2D eigenvalue weighted by atomic mass is 10.0. The van der Waals surface area contributed by atoms with E-state index < -0.39 is 120 Å². The maximum absolute atomic E-state index is 14.6. The Morgan fingerprint density at radius 2 is 0.484 bits per heavy atom. The Balaban J connectivity index is 7.39. The van der Waals surface area contributed by atoms with E-state index in [9.17, 15) is 58.2 Å². The summed E-state index contributed by atoms with van der Waals surface area (Å²) in [5.74, 6) is -12.4. The lowest BCUT2D eigenvalue weighted by Crippen LogP contribution is -2.60. The Hall–Kier alpha value is -9.80. The summed E-state index contributed by atoms with van der Waals surface area (Å²) < 4.78 is 0. The number of nitrogens with one attached hydrogen (secondary N) is 8. The molecule has 40 N–H and O–H groups in total. The molecule has 0 aliphatic carbocycles. The Kier molecular flexibility index (Phi) is 43.0. The van der Waals surface area contributed by atoms with Crippen LogP contribution in [0.1, 0.15) is 122 Å². The maximum atomic E-state index is 14.6. The highest BCUT2D eigenvalue weighted by atomic mass is 16.4. The zero-order chi connectivity index (χ0) is 70.4. The van der Waals surface area contributed by atoms with Gasteiger partial charge in [-0.05, 0) is 129 Å². The van der Waals surface area contributed by atoms with E-state index in [0.717, 1.165) is 0 Å². The molecular formula is C52H103N29O12. The summed E-state index contributed by atoms with van der Waals surface area (Å²) >= 11 is 0. The van der Waals surface area contributed by atoms with Crippen LogP contribution in [0.25, 0.3) is 0 Å². The molecule has 0 aliphatic rings. The number of guanidine groups is 6. The number of rotatable bonds is 51. The topological polar surface area (TPSA) is 772 Å². The van der Waals surface area contributed by atoms with Crippen molar-refractivity contribution in [3.8, 4) is 0 Å². The van der Waals surface area contributed by atoms with Gasteiger partial charge < -0.3 is 139 Å². The molecule has 0 radical (unpaired) electrons. The molecule has 0 fully saturated rings. The van der Waals surface area contributed by atoms with E-state index >= 15 is 0 Å². The van der Waals surface area contributed by atoms with Gasteiger partial charge in [0.05, 0.1) is 12.5 Å². The van der Waals surface area contributed by atoms with E-state index in [4.69, 9.17) is 86.0 Å². The minimum Gasteiger partial charge on any atom is -0.481 e. The fourth-order valence-corrected chi connectivity index (χ4v) is 8.59. The predicted molar refractivity (Wildman–Crippen MR) is 349 cm³/mol. The highest BCUT2D eigenvalue weighted by Crippen LogP contribution is 2.12. The Labute approximate surface area is 538 Å². The number of unbranched alkanes of at least 4 members (excludes halogenated alkanes) is 2. The van der Waals surface area contributed by atoms with Gasteiger partial charge in [-0.2, -0.15) is 0 Å². The van der Waals surface area contributed by atoms with Crippen LogP contribution in [0.2, 0.25) is 0 Å². The molecule has 0 aromatic carbocycles. The summed E-state index contributed by atoms with van der Waals surface area (Å²) in [5, 5.41) is 40.1. The third kappa shape index (κ3) is 40.5. The molecule has 0 aromatic heterocycles. The van der Waals surface area contributed by atoms with Crippen molar-refractivity contribution in [1.82, 2.24) is 42.5 Å². The van der Waals surface area contributed by atoms with Gasteiger partial charge in [0.25, 0.3) is 0 Å². The van der Waals surface area contributed by atoms with Gasteiger partial charge in [-0.25, -0.2) is 4.79 Å². The summed E-state index contributed by atoms with van der Waals surface area (Å²) in [5.41, 5.74) is 83.3. The molecule has 0 aliphatic heterocycles. The maximum Gasteiger partial charge on any atom is 0.326 e. The van der Waals surface area contributed by atoms with E-state index in [2.05, 4.69) is 72.5 Å². The first-order valence-corrected chi connectivity index (χ1v) is 30.3. The summed E-state index contributed by atoms with van der Waals surface area (Å²) in [6.07, 6.45) is 0.0681. The highest BCUT2D eigenvalue weighted by molar-refractivity contribution is 5.99. The van der Waals surface area contributed by atoms with Gasteiger partial charge in [0.15, 0.2) is 35.8 Å². The number of hydrogen-bond donors (Lipinski definition) is 25. The molecule has 0 spiro atoms. The van der Waals surface area contributed by atoms with Crippen LogP contribution in [0.3, 0.4) is 0 Å². The summed E-state index contributed by atoms with van der Waals surface area (Å²) in [6.45, 7) is 0.398. The molecule has 0 rings (SSSR count). The van der Waals surface area contributed by atoms with Crippen LogP contribution in [-0.4, -0.2) is 212 Å². The molecule has 0 heterocycles. The van der Waals surface area contributed by atoms with Crippen LogP contribution in [0.4, 0.5) is 0 Å². The molecule has 41 heteroatoms. The molecule has 0 saturated carbocycles. The first kappa shape index (κ1) is 83.2. The van der Waals surface area contributed by atoms with Crippen LogP contribution < -0.4 is 129 Å². The number of aliphatic carboxylic acids is 2. The van der Waals surface area contributed by atoms with E-state index in [-0.39, 0.29) is 172 Å². The van der Waals surface area contributed by atoms with E-state index in [1.165, 1.54) is 0 Å². The molecule has 0 bridgehead atoms. The Morgan fingerprint density at radius 3 is 0.720 bits per heavy atom. The van der Waals surface area contributed by atoms with Crippen molar-refractivity contribution in [2.45, 2.75) is 176 Å². The molecule has 9 atom stereocenters. The molecule has 0 unspecified atom stereocenters. The van der Waals surface area contributed by atoms with Crippen LogP contribution >= 0.6 is 0 Å². The Morgan fingerprint density at radius 1 is 0.280 bits per heavy atom. The lowest BCUT2D eigenvalue weighted by molar-refractivity contribution is -0.142. The zero-order valence-electron chi connectivity index (χ0n) is 52.6. The van der Waals surface area contributed by atoms with Gasteiger partial charge in [0.1, 0.15) is 48.3 Å². The number of nitrogens with zero attached hydrogens (tertiary/aromatic N) is 6. The first-order chi connectivity index (χ1) is 43.9. The largest absolute Gasteiger partial charge is 0.481 e. The van der Waals surface area contributed by atoms with E-state index in [0.29, 0.717) is 32.1 Å². The number of nitrogens with two attached hydrogens (primary N) is 15. The molecule has 8 amide bonds. The normalized spacial score (nSPS) is 13.6. The fraction of sp³-hybridized carbons (Fsp3) is 0.692. The van der Waals surface area contributed by atoms with Crippen LogP contribution in [0, 0.1) is 0 Å². The fourth-order valence-electron chi connectivity index (χ4n) is 8.59. The SMILES string of the molecule is NCCCC[C@H](NC(=O)[C@H](N)CCCN=C(N)N)C(=O)N[C@@H](CCCCN)C(=O)N[C@@H](CCCN=C(N)N)C(=O)N[C@H](CCCN=C(N)N)C(=O)N[C@@H](CC(=O)O)C(=O)N[C@@H](CCCN=C(N)N)C(=O)N[C@@H](CCCN=C(N)N)C(=O)N[C@H](CCCN=C(N)N)C(=O)O. The number of carboxylic acid groups (broad SMARTS) is 2. The van der Waals surface area contributed by atoms with Crippen molar-refractivity contribution in [3.63, 3.8) is 0 Å². The smallest absolute Gasteiger partial charge is 0.326 e. The van der Waals surface area contributed by atoms with Crippen molar-refractivity contribution in [2.75, 3.05) is 52.4 Å². The summed E-state index contributed by atoms with van der Waals surface area (Å²) in [6, 6.07) is -13.4. The number of amides is 8. The second-order valence-electron chi connectivity index (χ2n) is 21.3. The number of aliphatic imine (C=N–C) groups is 6. The van der Waals surface area contributed by atoms with Gasteiger partial charge in [-0.1, -0.05) is 0 Å². The third-order valence-electron chi connectivity index (χ3n) is 13.3. The Bertz CT molecular complexity index is 2550. The van der Waals surface area contributed by atoms with Crippen molar-refractivity contribution >= 4 is 95.0 Å². The van der Waals surface area contributed by atoms with Crippen LogP contribution in [0.15, 0.2) is 30.0 Å². The average molecular weight is 1330 g/mol. The van der Waals surface area contributed by atoms with Gasteiger partial charge in [0, 0.05) is 39.3 Å². The molecule has 528 valence electrons. The number of carboxylic acids is 2. The standard InChI is InChI=1S/C52H103N29O12/c53-19-3-1-12-29(74-38(84)28(55)11-5-21-68-47(56)57)39(85)75-30(13-2-4-20-54)40(86)76-31(14-6-22-69-48(58)59)41(87)78-34(17-9-25-72-51(64)65)44(90)81-36(27-37(82)83)45(91)79-32(15-7-23-70-49(60)61)42(88)77-33(16-8-24-71-50(62)63)43(89)80-35(46(92)93)18-10-26-73-52(66)67/h28-36H,1-27,53-55H2,(H,74,84)(H,75,85)(H,76,86)(H,77,88)(H,78,87)(H,79,91)(H,80,89)(H,81,90)(H,82,83)(H,92,93)(H4,56,57,68)(H4,58,59,69)(H4,60,61,70)(H4,62,63,71)(H4,64,65,72)(H4,66,67,73)/t28-,29+,30+,31+,32+,33+,34-,35-,36+/m1/s1. The first-order valence-electron chi connectivity index (χ1n) is 30.3. The minimum atomic E-state index is -2.00. The van der Waals surface area contributed by atoms with Gasteiger partial charge >= 0.3 is 11.9 Å². The van der Waals surface area contributed by atoms with Gasteiger partial charge in [0.2, 0.25) is 47.3 Å². The number of carbonyl (C=O) groups is 10. The van der Waals surface area contributed by atoms with Crippen LogP contribution in [0.5, 0.6) is 0 Å². The summed E-state index contributed by atoms with van der Waals surface area (Å²) in [7, 11) is 0. The predicted octanol–water partition coefficient (Wildman–Crippen LogP) is -10.7. The second-order valence-corrected chi connectivity index (χ2v) is 21.3. The third-order valence-corrected chi connectivity index (χ3v) is 13.3. The zero-order valence-corrected chi connectivity index (χ0v) is 52.6. The second kappa shape index (κ2) is 48.1. The van der Waals surface area contributed by atoms with Crippen molar-refractivity contribution in [2.24, 2.45) is 116 Å². The average Bonchev–Trinajstić information content (AvgIpc) is 3.51. The van der Waals surface area contributed by atoms with E-state index in [1.807, 2.05) is 0 Å². The van der Waals surface area contributed by atoms with Gasteiger partial charge in [-0.15, -0.1) is 0 Å². The van der Waals surface area contributed by atoms with Crippen LogP contribution in [-0.2, 0) is 47.9 Å². The minimum absolute atomic E-state index is 0.0139. The molecular weight excluding hydrogens is 1220 g/mol. The number of hydrogen-bond acceptors (Lipinski definition) is 19.